The van der Waals surface area contributed by atoms with Gasteiger partial charge in [-0.2, -0.15) is 12.7 Å². The van der Waals surface area contributed by atoms with Crippen LogP contribution in [0.25, 0.3) is 0 Å². The minimum Gasteiger partial charge on any atom is -0.340 e. The zero-order valence-corrected chi connectivity index (χ0v) is 11.2. The molecule has 1 amide bonds. The fourth-order valence-electron chi connectivity index (χ4n) is 2.48. The Morgan fingerprint density at radius 3 is 2.39 bits per heavy atom. The van der Waals surface area contributed by atoms with Crippen LogP contribution in [0.15, 0.2) is 0 Å². The van der Waals surface area contributed by atoms with E-state index in [9.17, 15) is 13.2 Å². The van der Waals surface area contributed by atoms with Crippen LogP contribution in [-0.4, -0.2) is 62.8 Å². The average molecular weight is 276 g/mol. The lowest BCUT2D eigenvalue weighted by molar-refractivity contribution is -0.137. The number of piperidine rings is 1. The van der Waals surface area contributed by atoms with Crippen LogP contribution in [0, 0.1) is 5.92 Å². The van der Waals surface area contributed by atoms with Gasteiger partial charge in [-0.15, -0.1) is 0 Å². The van der Waals surface area contributed by atoms with Crippen molar-refractivity contribution in [2.24, 2.45) is 11.1 Å². The van der Waals surface area contributed by atoms with Crippen molar-refractivity contribution >= 4 is 16.1 Å². The number of nitrogens with two attached hydrogens (primary N) is 1. The summed E-state index contributed by atoms with van der Waals surface area (Å²) < 4.78 is 23.5. The first-order valence-corrected chi connectivity index (χ1v) is 7.76. The fourth-order valence-corrected chi connectivity index (χ4v) is 3.16. The van der Waals surface area contributed by atoms with E-state index in [2.05, 4.69) is 5.32 Å². The Bertz CT molecular complexity index is 397. The van der Waals surface area contributed by atoms with Gasteiger partial charge in [0.1, 0.15) is 0 Å². The topological polar surface area (TPSA) is 95.7 Å². The third-order valence-electron chi connectivity index (χ3n) is 3.56. The maximum Gasteiger partial charge on any atom is 0.277 e. The second-order valence-electron chi connectivity index (χ2n) is 4.81. The Balaban J connectivity index is 1.87. The molecule has 0 aliphatic carbocycles. The van der Waals surface area contributed by atoms with Crippen LogP contribution in [0.1, 0.15) is 12.8 Å². The van der Waals surface area contributed by atoms with E-state index in [0.717, 1.165) is 25.9 Å². The maximum atomic E-state index is 12.2. The van der Waals surface area contributed by atoms with Crippen molar-refractivity contribution in [1.82, 2.24) is 14.5 Å². The molecule has 0 aromatic heterocycles. The lowest BCUT2D eigenvalue weighted by Crippen LogP contribution is -2.54. The summed E-state index contributed by atoms with van der Waals surface area (Å²) >= 11 is 0. The highest BCUT2D eigenvalue weighted by Gasteiger charge is 2.30. The molecular formula is C10H20N4O3S. The molecule has 0 bridgehead atoms. The van der Waals surface area contributed by atoms with Crippen LogP contribution in [0.5, 0.6) is 0 Å². The van der Waals surface area contributed by atoms with E-state index in [4.69, 9.17) is 5.14 Å². The van der Waals surface area contributed by atoms with Crippen LogP contribution >= 0.6 is 0 Å². The molecule has 1 atom stereocenters. The molecule has 2 aliphatic heterocycles. The Kier molecular flexibility index (Phi) is 4.21. The Hall–Kier alpha value is -0.700. The molecule has 3 N–H and O–H groups in total. The molecule has 0 spiro atoms. The maximum absolute atomic E-state index is 12.2. The standard InChI is InChI=1S/C10H20N4O3S/c11-18(16,17)14-6-4-13(5-7-14)10(15)9-2-1-3-12-8-9/h9,12H,1-8H2,(H2,11,16,17). The van der Waals surface area contributed by atoms with Crippen molar-refractivity contribution in [2.45, 2.75) is 12.8 Å². The van der Waals surface area contributed by atoms with E-state index in [0.29, 0.717) is 26.2 Å². The summed E-state index contributed by atoms with van der Waals surface area (Å²) in [6.45, 7) is 3.17. The summed E-state index contributed by atoms with van der Waals surface area (Å²) in [5.41, 5.74) is 0. The number of rotatable bonds is 2. The molecule has 2 heterocycles. The summed E-state index contributed by atoms with van der Waals surface area (Å²) in [7, 11) is -3.62. The highest BCUT2D eigenvalue weighted by Crippen LogP contribution is 2.15. The van der Waals surface area contributed by atoms with Crippen molar-refractivity contribution in [3.05, 3.63) is 0 Å². The molecule has 18 heavy (non-hydrogen) atoms. The number of nitrogens with one attached hydrogen (secondary N) is 1. The number of amides is 1. The molecule has 104 valence electrons. The first-order chi connectivity index (χ1) is 8.48. The Morgan fingerprint density at radius 1 is 1.22 bits per heavy atom. The third-order valence-corrected chi connectivity index (χ3v) is 4.64. The predicted molar refractivity (Wildman–Crippen MR) is 66.9 cm³/mol. The average Bonchev–Trinajstić information content (AvgIpc) is 2.38. The van der Waals surface area contributed by atoms with Gasteiger partial charge in [-0.1, -0.05) is 0 Å². The van der Waals surface area contributed by atoms with Gasteiger partial charge >= 0.3 is 0 Å². The summed E-state index contributed by atoms with van der Waals surface area (Å²) in [6.07, 6.45) is 1.94. The van der Waals surface area contributed by atoms with Crippen LogP contribution < -0.4 is 10.5 Å². The normalized spacial score (nSPS) is 27.2. The van der Waals surface area contributed by atoms with E-state index in [1.54, 1.807) is 4.90 Å². The van der Waals surface area contributed by atoms with Gasteiger partial charge in [0, 0.05) is 32.7 Å². The molecule has 2 saturated heterocycles. The second kappa shape index (κ2) is 5.52. The zero-order chi connectivity index (χ0) is 13.2. The second-order valence-corrected chi connectivity index (χ2v) is 6.36. The lowest BCUT2D eigenvalue weighted by Gasteiger charge is -2.35. The fraction of sp³-hybridized carbons (Fsp3) is 0.900. The zero-order valence-electron chi connectivity index (χ0n) is 10.3. The first kappa shape index (κ1) is 13.7. The number of piperazine rings is 1. The van der Waals surface area contributed by atoms with Gasteiger partial charge in [-0.25, -0.2) is 5.14 Å². The molecular weight excluding hydrogens is 256 g/mol. The van der Waals surface area contributed by atoms with Crippen LogP contribution in [-0.2, 0) is 15.0 Å². The summed E-state index contributed by atoms with van der Waals surface area (Å²) in [4.78, 5) is 13.9. The monoisotopic (exact) mass is 276 g/mol. The van der Waals surface area contributed by atoms with Gasteiger partial charge in [0.15, 0.2) is 0 Å². The van der Waals surface area contributed by atoms with Gasteiger partial charge in [0.05, 0.1) is 5.92 Å². The van der Waals surface area contributed by atoms with Gasteiger partial charge < -0.3 is 10.2 Å². The minimum absolute atomic E-state index is 0.0415. The lowest BCUT2D eigenvalue weighted by atomic mass is 9.98. The van der Waals surface area contributed by atoms with Crippen molar-refractivity contribution in [3.63, 3.8) is 0 Å². The molecule has 0 saturated carbocycles. The number of nitrogens with zero attached hydrogens (tertiary/aromatic N) is 2. The number of hydrogen-bond acceptors (Lipinski definition) is 4. The van der Waals surface area contributed by atoms with E-state index in [1.165, 1.54) is 4.31 Å². The van der Waals surface area contributed by atoms with Crippen molar-refractivity contribution in [2.75, 3.05) is 39.3 Å². The van der Waals surface area contributed by atoms with E-state index in [1.807, 2.05) is 0 Å². The van der Waals surface area contributed by atoms with Crippen LogP contribution in [0.4, 0.5) is 0 Å². The molecule has 0 aromatic rings. The van der Waals surface area contributed by atoms with Gasteiger partial charge in [-0.05, 0) is 19.4 Å². The van der Waals surface area contributed by atoms with Gasteiger partial charge in [0.25, 0.3) is 10.2 Å². The molecule has 2 rings (SSSR count). The molecule has 2 fully saturated rings. The van der Waals surface area contributed by atoms with Gasteiger partial charge in [0.2, 0.25) is 5.91 Å². The third kappa shape index (κ3) is 3.19. The minimum atomic E-state index is -3.62. The highest BCUT2D eigenvalue weighted by atomic mass is 32.2. The van der Waals surface area contributed by atoms with Crippen LogP contribution in [0.3, 0.4) is 0 Å². The van der Waals surface area contributed by atoms with E-state index in [-0.39, 0.29) is 11.8 Å². The molecule has 8 heteroatoms. The molecule has 1 unspecified atom stereocenters. The van der Waals surface area contributed by atoms with Crippen molar-refractivity contribution in [1.29, 1.82) is 0 Å². The largest absolute Gasteiger partial charge is 0.340 e. The SMILES string of the molecule is NS(=O)(=O)N1CCN(C(=O)C2CCCNC2)CC1. The smallest absolute Gasteiger partial charge is 0.277 e. The number of carbonyl (C=O) groups is 1. The molecule has 2 aliphatic rings. The quantitative estimate of drug-likeness (QED) is 0.630. The predicted octanol–water partition coefficient (Wildman–Crippen LogP) is -1.67. The first-order valence-electron chi connectivity index (χ1n) is 6.26. The van der Waals surface area contributed by atoms with Crippen molar-refractivity contribution < 1.29 is 13.2 Å². The number of hydrogen-bond donors (Lipinski definition) is 2. The van der Waals surface area contributed by atoms with E-state index >= 15 is 0 Å². The van der Waals surface area contributed by atoms with Gasteiger partial charge in [-0.3, -0.25) is 4.79 Å². The molecule has 0 aromatic carbocycles. The molecule has 0 radical (unpaired) electrons. The Morgan fingerprint density at radius 2 is 1.89 bits per heavy atom. The summed E-state index contributed by atoms with van der Waals surface area (Å²) in [6, 6.07) is 0. The van der Waals surface area contributed by atoms with E-state index < -0.39 is 10.2 Å². The van der Waals surface area contributed by atoms with Crippen LogP contribution in [0.2, 0.25) is 0 Å². The van der Waals surface area contributed by atoms with Crippen molar-refractivity contribution in [3.8, 4) is 0 Å². The summed E-state index contributed by atoms with van der Waals surface area (Å²) in [5.74, 6) is 0.177. The number of carbonyl (C=O) groups excluding carboxylic acids is 1. The Labute approximate surface area is 107 Å². The summed E-state index contributed by atoms with van der Waals surface area (Å²) in [5, 5.41) is 8.27. The molecule has 7 nitrogen and oxygen atoms in total. The highest BCUT2D eigenvalue weighted by molar-refractivity contribution is 7.86.